The van der Waals surface area contributed by atoms with Crippen molar-refractivity contribution in [3.05, 3.63) is 17.9 Å². The average Bonchev–Trinajstić information content (AvgIpc) is 2.52. The van der Waals surface area contributed by atoms with Crippen LogP contribution in [0.25, 0.3) is 0 Å². The first-order valence-corrected chi connectivity index (χ1v) is 4.91. The second kappa shape index (κ2) is 4.48. The molecule has 72 valence electrons. The van der Waals surface area contributed by atoms with Crippen molar-refractivity contribution in [2.45, 2.75) is 30.3 Å². The van der Waals surface area contributed by atoms with Crippen LogP contribution in [0, 0.1) is 0 Å². The van der Waals surface area contributed by atoms with Gasteiger partial charge in [-0.3, -0.25) is 4.79 Å². The second-order valence-corrected chi connectivity index (χ2v) is 4.22. The largest absolute Gasteiger partial charge is 0.447 e. The van der Waals surface area contributed by atoms with Crippen LogP contribution >= 0.6 is 11.8 Å². The highest BCUT2D eigenvalue weighted by molar-refractivity contribution is 7.99. The van der Waals surface area contributed by atoms with Crippen molar-refractivity contribution >= 4 is 18.0 Å². The number of aliphatic hydroxyl groups is 1. The number of hydrogen-bond acceptors (Lipinski definition) is 4. The summed E-state index contributed by atoms with van der Waals surface area (Å²) < 4.78 is 5.14. The molecule has 3 nitrogen and oxygen atoms in total. The summed E-state index contributed by atoms with van der Waals surface area (Å²) in [5.41, 5.74) is 0. The SMILES string of the molecule is CC(O)C(C)Sc1ccc(C=O)o1. The minimum absolute atomic E-state index is 0.0608. The maximum atomic E-state index is 10.3. The van der Waals surface area contributed by atoms with Gasteiger partial charge in [-0.1, -0.05) is 18.7 Å². The molecule has 1 aromatic heterocycles. The Kier molecular flexibility index (Phi) is 3.57. The Morgan fingerprint density at radius 3 is 2.69 bits per heavy atom. The van der Waals surface area contributed by atoms with Gasteiger partial charge < -0.3 is 9.52 Å². The van der Waals surface area contributed by atoms with E-state index in [0.717, 1.165) is 0 Å². The van der Waals surface area contributed by atoms with Gasteiger partial charge in [-0.25, -0.2) is 0 Å². The Morgan fingerprint density at radius 1 is 1.54 bits per heavy atom. The highest BCUT2D eigenvalue weighted by Crippen LogP contribution is 2.26. The molecule has 0 spiro atoms. The molecule has 4 heteroatoms. The lowest BCUT2D eigenvalue weighted by Gasteiger charge is -2.11. The Bertz CT molecular complexity index is 280. The van der Waals surface area contributed by atoms with Gasteiger partial charge in [0.1, 0.15) is 0 Å². The van der Waals surface area contributed by atoms with Crippen LogP contribution in [-0.4, -0.2) is 22.7 Å². The first-order valence-electron chi connectivity index (χ1n) is 4.03. The normalized spacial score (nSPS) is 15.3. The molecule has 0 fully saturated rings. The molecule has 0 aliphatic carbocycles. The smallest absolute Gasteiger partial charge is 0.185 e. The van der Waals surface area contributed by atoms with Gasteiger partial charge >= 0.3 is 0 Å². The van der Waals surface area contributed by atoms with Crippen molar-refractivity contribution < 1.29 is 14.3 Å². The Labute approximate surface area is 81.1 Å². The van der Waals surface area contributed by atoms with Gasteiger partial charge in [-0.15, -0.1) is 0 Å². The van der Waals surface area contributed by atoms with Gasteiger partial charge in [0.05, 0.1) is 6.10 Å². The summed E-state index contributed by atoms with van der Waals surface area (Å²) in [6.07, 6.45) is 0.270. The third kappa shape index (κ3) is 2.90. The molecule has 0 amide bonds. The van der Waals surface area contributed by atoms with E-state index in [2.05, 4.69) is 0 Å². The van der Waals surface area contributed by atoms with Crippen LogP contribution < -0.4 is 0 Å². The Morgan fingerprint density at radius 2 is 2.23 bits per heavy atom. The molecule has 0 bridgehead atoms. The maximum Gasteiger partial charge on any atom is 0.185 e. The quantitative estimate of drug-likeness (QED) is 0.596. The lowest BCUT2D eigenvalue weighted by Crippen LogP contribution is -2.14. The van der Waals surface area contributed by atoms with Crippen molar-refractivity contribution in [2.24, 2.45) is 0 Å². The molecule has 1 rings (SSSR count). The van der Waals surface area contributed by atoms with Crippen LogP contribution in [0.4, 0.5) is 0 Å². The molecule has 0 radical (unpaired) electrons. The highest BCUT2D eigenvalue weighted by Gasteiger charge is 2.12. The molecule has 1 aromatic rings. The fourth-order valence-electron chi connectivity index (χ4n) is 0.743. The van der Waals surface area contributed by atoms with E-state index in [4.69, 9.17) is 4.42 Å². The number of carbonyl (C=O) groups excluding carboxylic acids is 1. The number of aldehydes is 1. The number of rotatable bonds is 4. The number of furan rings is 1. The van der Waals surface area contributed by atoms with E-state index >= 15 is 0 Å². The van der Waals surface area contributed by atoms with Crippen LogP contribution in [0.1, 0.15) is 24.4 Å². The molecule has 0 aromatic carbocycles. The summed E-state index contributed by atoms with van der Waals surface area (Å²) in [6.45, 7) is 3.62. The van der Waals surface area contributed by atoms with Crippen molar-refractivity contribution in [3.63, 3.8) is 0 Å². The predicted molar refractivity (Wildman–Crippen MR) is 51.1 cm³/mol. The number of thioether (sulfide) groups is 1. The van der Waals surface area contributed by atoms with E-state index in [1.54, 1.807) is 19.1 Å². The zero-order valence-electron chi connectivity index (χ0n) is 7.56. The van der Waals surface area contributed by atoms with Crippen molar-refractivity contribution in [2.75, 3.05) is 0 Å². The van der Waals surface area contributed by atoms with Crippen LogP contribution in [0.5, 0.6) is 0 Å². The molecule has 1 heterocycles. The van der Waals surface area contributed by atoms with E-state index in [1.165, 1.54) is 11.8 Å². The van der Waals surface area contributed by atoms with Gasteiger partial charge in [0.15, 0.2) is 17.1 Å². The zero-order valence-corrected chi connectivity index (χ0v) is 8.38. The van der Waals surface area contributed by atoms with Gasteiger partial charge in [0.2, 0.25) is 0 Å². The predicted octanol–water partition coefficient (Wildman–Crippen LogP) is 1.95. The minimum atomic E-state index is -0.394. The summed E-state index contributed by atoms with van der Waals surface area (Å²) in [6, 6.07) is 3.34. The lowest BCUT2D eigenvalue weighted by atomic mass is 10.3. The van der Waals surface area contributed by atoms with E-state index in [9.17, 15) is 9.90 Å². The van der Waals surface area contributed by atoms with E-state index < -0.39 is 6.10 Å². The molecular weight excluding hydrogens is 188 g/mol. The summed E-state index contributed by atoms with van der Waals surface area (Å²) in [7, 11) is 0. The molecular formula is C9H12O3S. The van der Waals surface area contributed by atoms with Crippen LogP contribution in [0.2, 0.25) is 0 Å². The standard InChI is InChI=1S/C9H12O3S/c1-6(11)7(2)13-9-4-3-8(5-10)12-9/h3-7,11H,1-2H3. The Hall–Kier alpha value is -0.740. The topological polar surface area (TPSA) is 50.4 Å². The average molecular weight is 200 g/mol. The third-order valence-electron chi connectivity index (χ3n) is 1.70. The summed E-state index contributed by atoms with van der Waals surface area (Å²) in [5, 5.41) is 9.94. The fourth-order valence-corrected chi connectivity index (χ4v) is 1.60. The van der Waals surface area contributed by atoms with Gasteiger partial charge in [-0.2, -0.15) is 0 Å². The number of carbonyl (C=O) groups is 1. The third-order valence-corrected chi connectivity index (χ3v) is 2.92. The van der Waals surface area contributed by atoms with E-state index in [-0.39, 0.29) is 5.25 Å². The van der Waals surface area contributed by atoms with E-state index in [0.29, 0.717) is 17.1 Å². The first kappa shape index (κ1) is 10.3. The minimum Gasteiger partial charge on any atom is -0.447 e. The maximum absolute atomic E-state index is 10.3. The van der Waals surface area contributed by atoms with Crippen molar-refractivity contribution in [1.82, 2.24) is 0 Å². The monoisotopic (exact) mass is 200 g/mol. The van der Waals surface area contributed by atoms with Crippen molar-refractivity contribution in [1.29, 1.82) is 0 Å². The molecule has 1 N–H and O–H groups in total. The molecule has 2 atom stereocenters. The molecule has 13 heavy (non-hydrogen) atoms. The van der Waals surface area contributed by atoms with Crippen LogP contribution in [-0.2, 0) is 0 Å². The summed E-state index contributed by atoms with van der Waals surface area (Å²) in [4.78, 5) is 10.3. The number of aliphatic hydroxyl groups excluding tert-OH is 1. The lowest BCUT2D eigenvalue weighted by molar-refractivity contribution is 0.109. The van der Waals surface area contributed by atoms with Gasteiger partial charge in [-0.05, 0) is 19.1 Å². The van der Waals surface area contributed by atoms with Gasteiger partial charge in [0.25, 0.3) is 0 Å². The molecule has 0 saturated heterocycles. The second-order valence-electron chi connectivity index (χ2n) is 2.84. The summed E-state index contributed by atoms with van der Waals surface area (Å²) >= 11 is 1.41. The highest BCUT2D eigenvalue weighted by atomic mass is 32.2. The van der Waals surface area contributed by atoms with Crippen molar-refractivity contribution in [3.8, 4) is 0 Å². The molecule has 0 aliphatic rings. The molecule has 0 saturated carbocycles. The number of hydrogen-bond donors (Lipinski definition) is 1. The first-order chi connectivity index (χ1) is 6.13. The molecule has 0 aliphatic heterocycles. The van der Waals surface area contributed by atoms with E-state index in [1.807, 2.05) is 6.92 Å². The van der Waals surface area contributed by atoms with Crippen LogP contribution in [0.3, 0.4) is 0 Å². The fraction of sp³-hybridized carbons (Fsp3) is 0.444. The van der Waals surface area contributed by atoms with Gasteiger partial charge in [0, 0.05) is 5.25 Å². The molecule has 2 unspecified atom stereocenters. The zero-order chi connectivity index (χ0) is 9.84. The Balaban J connectivity index is 2.58. The summed E-state index contributed by atoms with van der Waals surface area (Å²) in [5.74, 6) is 0.320. The van der Waals surface area contributed by atoms with Crippen LogP contribution in [0.15, 0.2) is 21.6 Å².